The van der Waals surface area contributed by atoms with Gasteiger partial charge in [0.2, 0.25) is 5.95 Å². The van der Waals surface area contributed by atoms with Crippen molar-refractivity contribution >= 4 is 34.4 Å². The van der Waals surface area contributed by atoms with E-state index in [1.165, 1.54) is 6.07 Å². The molecule has 1 aromatic heterocycles. The molecule has 3 aromatic rings. The Labute approximate surface area is 191 Å². The minimum absolute atomic E-state index is 0.0470. The Hall–Kier alpha value is -3.49. The van der Waals surface area contributed by atoms with Crippen molar-refractivity contribution < 1.29 is 13.6 Å². The topological polar surface area (TPSA) is 82.2 Å². The summed E-state index contributed by atoms with van der Waals surface area (Å²) in [4.78, 5) is 23.4. The maximum atomic E-state index is 13.7. The molecule has 1 fully saturated rings. The number of fused-ring (bicyclic) bond motifs is 1. The van der Waals surface area contributed by atoms with Gasteiger partial charge in [-0.15, -0.1) is 0 Å². The molecule has 3 N–H and O–H groups in total. The molecule has 0 atom stereocenters. The van der Waals surface area contributed by atoms with Crippen molar-refractivity contribution in [3.8, 4) is 0 Å². The molecule has 1 heterocycles. The first kappa shape index (κ1) is 22.7. The van der Waals surface area contributed by atoms with Crippen LogP contribution in [0.3, 0.4) is 0 Å². The summed E-state index contributed by atoms with van der Waals surface area (Å²) in [5.41, 5.74) is 0.856. The second-order valence-electron chi connectivity index (χ2n) is 8.60. The van der Waals surface area contributed by atoms with Gasteiger partial charge in [-0.2, -0.15) is 4.98 Å². The monoisotopic (exact) mass is 454 g/mol. The molecular weight excluding hydrogens is 426 g/mol. The predicted molar refractivity (Wildman–Crippen MR) is 127 cm³/mol. The molecule has 0 saturated heterocycles. The minimum atomic E-state index is -0.801. The summed E-state index contributed by atoms with van der Waals surface area (Å²) in [7, 11) is 3.94. The third-order valence-corrected chi connectivity index (χ3v) is 5.92. The van der Waals surface area contributed by atoms with Gasteiger partial charge in [-0.1, -0.05) is 12.1 Å². The quantitative estimate of drug-likeness (QED) is 0.500. The number of urea groups is 1. The van der Waals surface area contributed by atoms with Crippen LogP contribution in [0, 0.1) is 17.6 Å². The first-order chi connectivity index (χ1) is 15.9. The molecule has 0 radical (unpaired) electrons. The van der Waals surface area contributed by atoms with Crippen LogP contribution in [0.25, 0.3) is 10.9 Å². The van der Waals surface area contributed by atoms with Gasteiger partial charge in [0.05, 0.1) is 11.2 Å². The molecule has 1 aliphatic rings. The Morgan fingerprint density at radius 2 is 1.82 bits per heavy atom. The Morgan fingerprint density at radius 1 is 1.06 bits per heavy atom. The van der Waals surface area contributed by atoms with Crippen molar-refractivity contribution in [1.29, 1.82) is 0 Å². The number of nitrogens with zero attached hydrogens (tertiary/aromatic N) is 3. The molecule has 33 heavy (non-hydrogen) atoms. The number of carbonyl (C=O) groups is 1. The summed E-state index contributed by atoms with van der Waals surface area (Å²) in [6.45, 7) is 0.499. The second kappa shape index (κ2) is 9.97. The van der Waals surface area contributed by atoms with Crippen LogP contribution in [0.1, 0.15) is 25.7 Å². The van der Waals surface area contributed by atoms with Gasteiger partial charge in [-0.05, 0) is 55.9 Å². The van der Waals surface area contributed by atoms with Gasteiger partial charge < -0.3 is 20.9 Å². The molecule has 0 aliphatic heterocycles. The van der Waals surface area contributed by atoms with Gasteiger partial charge >= 0.3 is 6.03 Å². The third-order valence-electron chi connectivity index (χ3n) is 5.92. The highest BCUT2D eigenvalue weighted by Gasteiger charge is 2.23. The van der Waals surface area contributed by atoms with Crippen LogP contribution in [0.5, 0.6) is 0 Å². The largest absolute Gasteiger partial charge is 0.362 e. The molecule has 174 valence electrons. The number of amides is 2. The van der Waals surface area contributed by atoms with E-state index in [1.54, 1.807) is 0 Å². The molecule has 0 unspecified atom stereocenters. The van der Waals surface area contributed by atoms with Gasteiger partial charge in [0.1, 0.15) is 17.5 Å². The number of para-hydroxylation sites is 1. The molecule has 2 aromatic carbocycles. The van der Waals surface area contributed by atoms with E-state index >= 15 is 0 Å². The number of hydrogen-bond acceptors (Lipinski definition) is 5. The summed E-state index contributed by atoms with van der Waals surface area (Å²) in [6.07, 6.45) is 3.76. The standard InChI is InChI=1S/C24H28F2N6O/c1-32(2)22-18-5-3-4-6-20(18)29-23(31-22)28-17-10-7-15(8-11-17)14-27-24(33)30-21-12-9-16(25)13-19(21)26/h3-6,9,12-13,15,17H,7-8,10-11,14H2,1-2H3,(H2,27,30,33)(H,28,29,31). The van der Waals surface area contributed by atoms with E-state index < -0.39 is 17.7 Å². The summed E-state index contributed by atoms with van der Waals surface area (Å²) >= 11 is 0. The smallest absolute Gasteiger partial charge is 0.319 e. The first-order valence-electron chi connectivity index (χ1n) is 11.1. The lowest BCUT2D eigenvalue weighted by molar-refractivity contribution is 0.246. The number of carbonyl (C=O) groups excluding carboxylic acids is 1. The molecule has 1 saturated carbocycles. The highest BCUT2D eigenvalue weighted by Crippen LogP contribution is 2.28. The molecule has 4 rings (SSSR count). The normalized spacial score (nSPS) is 18.1. The summed E-state index contributed by atoms with van der Waals surface area (Å²) < 4.78 is 26.7. The highest BCUT2D eigenvalue weighted by molar-refractivity contribution is 5.90. The van der Waals surface area contributed by atoms with E-state index in [1.807, 2.05) is 43.3 Å². The van der Waals surface area contributed by atoms with Gasteiger partial charge in [0.15, 0.2) is 0 Å². The number of nitrogens with one attached hydrogen (secondary N) is 3. The van der Waals surface area contributed by atoms with Crippen LogP contribution in [0.2, 0.25) is 0 Å². The lowest BCUT2D eigenvalue weighted by Gasteiger charge is -2.29. The Morgan fingerprint density at radius 3 is 2.55 bits per heavy atom. The molecule has 1 aliphatic carbocycles. The molecule has 9 heteroatoms. The number of benzene rings is 2. The van der Waals surface area contributed by atoms with Crippen molar-refractivity contribution in [3.05, 3.63) is 54.1 Å². The first-order valence-corrected chi connectivity index (χ1v) is 11.1. The Kier molecular flexibility index (Phi) is 6.86. The Bertz CT molecular complexity index is 1130. The number of halogens is 2. The predicted octanol–water partition coefficient (Wildman–Crippen LogP) is 4.77. The van der Waals surface area contributed by atoms with Gasteiger partial charge in [0.25, 0.3) is 0 Å². The lowest BCUT2D eigenvalue weighted by atomic mass is 9.86. The van der Waals surface area contributed by atoms with Crippen LogP contribution < -0.4 is 20.9 Å². The fraction of sp³-hybridized carbons (Fsp3) is 0.375. The van der Waals surface area contributed by atoms with E-state index in [-0.39, 0.29) is 11.7 Å². The van der Waals surface area contributed by atoms with Crippen LogP contribution in [-0.4, -0.2) is 42.7 Å². The summed E-state index contributed by atoms with van der Waals surface area (Å²) in [6, 6.07) is 10.8. The van der Waals surface area contributed by atoms with E-state index in [9.17, 15) is 13.6 Å². The zero-order valence-corrected chi connectivity index (χ0v) is 18.7. The zero-order valence-electron chi connectivity index (χ0n) is 18.7. The van der Waals surface area contributed by atoms with E-state index in [0.29, 0.717) is 18.4 Å². The molecule has 0 spiro atoms. The molecule has 7 nitrogen and oxygen atoms in total. The Balaban J connectivity index is 1.27. The average molecular weight is 455 g/mol. The number of aromatic nitrogens is 2. The maximum absolute atomic E-state index is 13.7. The van der Waals surface area contributed by atoms with Crippen molar-refractivity contribution in [2.45, 2.75) is 31.7 Å². The van der Waals surface area contributed by atoms with E-state index in [4.69, 9.17) is 4.98 Å². The van der Waals surface area contributed by atoms with Crippen LogP contribution in [-0.2, 0) is 0 Å². The van der Waals surface area contributed by atoms with Gasteiger partial charge in [-0.25, -0.2) is 18.6 Å². The van der Waals surface area contributed by atoms with Crippen molar-refractivity contribution in [1.82, 2.24) is 15.3 Å². The third kappa shape index (κ3) is 5.66. The lowest BCUT2D eigenvalue weighted by Crippen LogP contribution is -2.36. The SMILES string of the molecule is CN(C)c1nc(NC2CCC(CNC(=O)Nc3ccc(F)cc3F)CC2)nc2ccccc12. The van der Waals surface area contributed by atoms with E-state index in [2.05, 4.69) is 20.9 Å². The average Bonchev–Trinajstić information content (AvgIpc) is 2.80. The van der Waals surface area contributed by atoms with Crippen molar-refractivity contribution in [2.75, 3.05) is 36.2 Å². The fourth-order valence-electron chi connectivity index (χ4n) is 4.15. The van der Waals surface area contributed by atoms with Crippen LogP contribution >= 0.6 is 0 Å². The van der Waals surface area contributed by atoms with Gasteiger partial charge in [0, 0.05) is 38.1 Å². The maximum Gasteiger partial charge on any atom is 0.319 e. The summed E-state index contributed by atoms with van der Waals surface area (Å²) in [5, 5.41) is 9.70. The van der Waals surface area contributed by atoms with Gasteiger partial charge in [-0.3, -0.25) is 0 Å². The minimum Gasteiger partial charge on any atom is -0.362 e. The number of rotatable bonds is 6. The molecule has 0 bridgehead atoms. The number of anilines is 3. The highest BCUT2D eigenvalue weighted by atomic mass is 19.1. The zero-order chi connectivity index (χ0) is 23.4. The van der Waals surface area contributed by atoms with Crippen LogP contribution in [0.15, 0.2) is 42.5 Å². The van der Waals surface area contributed by atoms with Crippen molar-refractivity contribution in [2.24, 2.45) is 5.92 Å². The molecular formula is C24H28F2N6O. The fourth-order valence-corrected chi connectivity index (χ4v) is 4.15. The summed E-state index contributed by atoms with van der Waals surface area (Å²) in [5.74, 6) is 0.354. The number of hydrogen-bond donors (Lipinski definition) is 3. The van der Waals surface area contributed by atoms with Crippen LogP contribution in [0.4, 0.5) is 31.0 Å². The van der Waals surface area contributed by atoms with E-state index in [0.717, 1.165) is 54.5 Å². The second-order valence-corrected chi connectivity index (χ2v) is 8.60. The van der Waals surface area contributed by atoms with Crippen molar-refractivity contribution in [3.63, 3.8) is 0 Å². The molecule has 2 amide bonds.